The first-order chi connectivity index (χ1) is 11.8. The number of hydrogen-bond acceptors (Lipinski definition) is 4. The van der Waals surface area contributed by atoms with Gasteiger partial charge in [-0.1, -0.05) is 11.2 Å². The summed E-state index contributed by atoms with van der Waals surface area (Å²) in [6, 6.07) is 6.42. The van der Waals surface area contributed by atoms with Gasteiger partial charge in [0.2, 0.25) is 0 Å². The number of carbonyl (C=O) groups is 1. The number of aromatic nitrogens is 1. The van der Waals surface area contributed by atoms with Crippen LogP contribution in [0.1, 0.15) is 27.4 Å². The van der Waals surface area contributed by atoms with Crippen molar-refractivity contribution in [1.29, 1.82) is 0 Å². The summed E-state index contributed by atoms with van der Waals surface area (Å²) in [5.74, 6) is 0.386. The predicted molar refractivity (Wildman–Crippen MR) is 83.9 cm³/mol. The van der Waals surface area contributed by atoms with Gasteiger partial charge >= 0.3 is 6.18 Å². The molecular weight excluding hydrogens is 335 g/mol. The summed E-state index contributed by atoms with van der Waals surface area (Å²) >= 11 is 0. The molecule has 0 bridgehead atoms. The highest BCUT2D eigenvalue weighted by atomic mass is 19.4. The lowest BCUT2D eigenvalue weighted by atomic mass is 10.1. The minimum Gasteiger partial charge on any atom is -0.360 e. The van der Waals surface area contributed by atoms with E-state index in [1.54, 1.807) is 4.90 Å². The summed E-state index contributed by atoms with van der Waals surface area (Å²) in [5.41, 5.74) is 0.0696. The van der Waals surface area contributed by atoms with Gasteiger partial charge < -0.3 is 9.42 Å². The Balaban J connectivity index is 1.60. The average molecular weight is 353 g/mol. The van der Waals surface area contributed by atoms with Crippen LogP contribution < -0.4 is 0 Å². The van der Waals surface area contributed by atoms with Crippen molar-refractivity contribution in [3.05, 3.63) is 52.9 Å². The molecule has 3 rings (SSSR count). The second-order valence-electron chi connectivity index (χ2n) is 6.08. The van der Waals surface area contributed by atoms with Gasteiger partial charge in [0.25, 0.3) is 5.91 Å². The lowest BCUT2D eigenvalue weighted by Crippen LogP contribution is -2.48. The van der Waals surface area contributed by atoms with E-state index in [1.807, 2.05) is 13.0 Å². The van der Waals surface area contributed by atoms with Crippen LogP contribution in [0.3, 0.4) is 0 Å². The molecule has 0 unspecified atom stereocenters. The van der Waals surface area contributed by atoms with Gasteiger partial charge in [-0.2, -0.15) is 13.2 Å². The standard InChI is InChI=1S/C17H18F3N3O2/c1-12-9-15(25-21-12)11-22-5-7-23(8-6-22)16(24)13-3-2-4-14(10-13)17(18,19)20/h2-4,9-10H,5-8,11H2,1H3. The number of aryl methyl sites for hydroxylation is 1. The van der Waals surface area contributed by atoms with Gasteiger partial charge in [-0.3, -0.25) is 9.69 Å². The molecule has 1 aliphatic rings. The van der Waals surface area contributed by atoms with Crippen molar-refractivity contribution in [3.8, 4) is 0 Å². The zero-order valence-corrected chi connectivity index (χ0v) is 13.7. The van der Waals surface area contributed by atoms with Crippen molar-refractivity contribution in [2.75, 3.05) is 26.2 Å². The quantitative estimate of drug-likeness (QED) is 0.851. The maximum atomic E-state index is 12.8. The van der Waals surface area contributed by atoms with Crippen molar-refractivity contribution in [3.63, 3.8) is 0 Å². The smallest absolute Gasteiger partial charge is 0.360 e. The fourth-order valence-corrected chi connectivity index (χ4v) is 2.83. The van der Waals surface area contributed by atoms with E-state index in [4.69, 9.17) is 4.52 Å². The molecule has 0 saturated carbocycles. The van der Waals surface area contributed by atoms with E-state index in [9.17, 15) is 18.0 Å². The first-order valence-electron chi connectivity index (χ1n) is 7.94. The molecule has 2 aromatic rings. The molecule has 0 aliphatic carbocycles. The van der Waals surface area contributed by atoms with E-state index in [0.29, 0.717) is 32.7 Å². The molecule has 134 valence electrons. The fraction of sp³-hybridized carbons (Fsp3) is 0.412. The largest absolute Gasteiger partial charge is 0.416 e. The lowest BCUT2D eigenvalue weighted by molar-refractivity contribution is -0.137. The van der Waals surface area contributed by atoms with E-state index in [0.717, 1.165) is 23.6 Å². The van der Waals surface area contributed by atoms with Crippen molar-refractivity contribution in [1.82, 2.24) is 15.0 Å². The molecule has 1 amide bonds. The Morgan fingerprint density at radius 3 is 2.52 bits per heavy atom. The van der Waals surface area contributed by atoms with Crippen molar-refractivity contribution in [2.45, 2.75) is 19.6 Å². The number of benzene rings is 1. The summed E-state index contributed by atoms with van der Waals surface area (Å²) < 4.78 is 43.5. The topological polar surface area (TPSA) is 49.6 Å². The van der Waals surface area contributed by atoms with Gasteiger partial charge in [0.15, 0.2) is 5.76 Å². The van der Waals surface area contributed by atoms with Gasteiger partial charge in [-0.05, 0) is 25.1 Å². The number of hydrogen-bond donors (Lipinski definition) is 0. The number of amides is 1. The van der Waals surface area contributed by atoms with Crippen molar-refractivity contribution in [2.24, 2.45) is 0 Å². The molecule has 2 heterocycles. The maximum Gasteiger partial charge on any atom is 0.416 e. The van der Waals surface area contributed by atoms with Crippen LogP contribution in [0.25, 0.3) is 0 Å². The summed E-state index contributed by atoms with van der Waals surface area (Å²) in [5, 5.41) is 3.83. The zero-order chi connectivity index (χ0) is 18.0. The molecule has 1 aromatic heterocycles. The Hall–Kier alpha value is -2.35. The fourth-order valence-electron chi connectivity index (χ4n) is 2.83. The number of nitrogens with zero attached hydrogens (tertiary/aromatic N) is 3. The second kappa shape index (κ2) is 6.87. The van der Waals surface area contributed by atoms with Gasteiger partial charge in [-0.25, -0.2) is 0 Å². The second-order valence-corrected chi connectivity index (χ2v) is 6.08. The van der Waals surface area contributed by atoms with E-state index in [2.05, 4.69) is 10.1 Å². The van der Waals surface area contributed by atoms with Crippen molar-refractivity contribution >= 4 is 5.91 Å². The molecule has 1 saturated heterocycles. The van der Waals surface area contributed by atoms with E-state index in [-0.39, 0.29) is 11.5 Å². The van der Waals surface area contributed by atoms with Crippen molar-refractivity contribution < 1.29 is 22.5 Å². The van der Waals surface area contributed by atoms with E-state index in [1.165, 1.54) is 12.1 Å². The van der Waals surface area contributed by atoms with Crippen LogP contribution in [-0.4, -0.2) is 47.0 Å². The molecule has 8 heteroatoms. The van der Waals surface area contributed by atoms with Crippen LogP contribution in [0.2, 0.25) is 0 Å². The third kappa shape index (κ3) is 4.19. The molecule has 0 spiro atoms. The van der Waals surface area contributed by atoms with Gasteiger partial charge in [0, 0.05) is 37.8 Å². The summed E-state index contributed by atoms with van der Waals surface area (Å²) in [6.45, 7) is 4.63. The number of rotatable bonds is 3. The predicted octanol–water partition coefficient (Wildman–Crippen LogP) is 2.96. The van der Waals surface area contributed by atoms with Crippen LogP contribution in [0.4, 0.5) is 13.2 Å². The van der Waals surface area contributed by atoms with Crippen LogP contribution >= 0.6 is 0 Å². The van der Waals surface area contributed by atoms with Gasteiger partial charge in [0.1, 0.15) is 0 Å². The molecule has 5 nitrogen and oxygen atoms in total. The molecule has 25 heavy (non-hydrogen) atoms. The first kappa shape index (κ1) is 17.5. The van der Waals surface area contributed by atoms with Crippen LogP contribution in [0, 0.1) is 6.92 Å². The highest BCUT2D eigenvalue weighted by Crippen LogP contribution is 2.29. The average Bonchev–Trinajstić information content (AvgIpc) is 2.99. The Bertz CT molecular complexity index is 750. The molecule has 0 radical (unpaired) electrons. The monoisotopic (exact) mass is 353 g/mol. The molecule has 0 N–H and O–H groups in total. The Morgan fingerprint density at radius 1 is 1.20 bits per heavy atom. The summed E-state index contributed by atoms with van der Waals surface area (Å²) in [7, 11) is 0. The third-order valence-electron chi connectivity index (χ3n) is 4.15. The maximum absolute atomic E-state index is 12.8. The number of alkyl halides is 3. The highest BCUT2D eigenvalue weighted by Gasteiger charge is 2.31. The molecule has 1 aliphatic heterocycles. The number of halogens is 3. The van der Waals surface area contributed by atoms with Crippen LogP contribution in [0.15, 0.2) is 34.9 Å². The minimum absolute atomic E-state index is 0.0640. The number of carbonyl (C=O) groups excluding carboxylic acids is 1. The number of piperazine rings is 1. The Morgan fingerprint density at radius 2 is 1.92 bits per heavy atom. The van der Waals surface area contributed by atoms with E-state index < -0.39 is 11.7 Å². The van der Waals surface area contributed by atoms with Crippen LogP contribution in [0.5, 0.6) is 0 Å². The Kier molecular flexibility index (Phi) is 4.80. The zero-order valence-electron chi connectivity index (χ0n) is 13.7. The highest BCUT2D eigenvalue weighted by molar-refractivity contribution is 5.94. The first-order valence-corrected chi connectivity index (χ1v) is 7.94. The van der Waals surface area contributed by atoms with E-state index >= 15 is 0 Å². The molecule has 0 atom stereocenters. The molecule has 1 fully saturated rings. The third-order valence-corrected chi connectivity index (χ3v) is 4.15. The lowest BCUT2D eigenvalue weighted by Gasteiger charge is -2.34. The summed E-state index contributed by atoms with van der Waals surface area (Å²) in [4.78, 5) is 16.2. The normalized spacial score (nSPS) is 16.2. The Labute approximate surface area is 143 Å². The molecular formula is C17H18F3N3O2. The van der Waals surface area contributed by atoms with Gasteiger partial charge in [-0.15, -0.1) is 0 Å². The minimum atomic E-state index is -4.45. The van der Waals surface area contributed by atoms with Gasteiger partial charge in [0.05, 0.1) is 17.8 Å². The SMILES string of the molecule is Cc1cc(CN2CCN(C(=O)c3cccc(C(F)(F)F)c3)CC2)on1. The van der Waals surface area contributed by atoms with Crippen LogP contribution in [-0.2, 0) is 12.7 Å². The summed E-state index contributed by atoms with van der Waals surface area (Å²) in [6.07, 6.45) is -4.45. The molecule has 1 aromatic carbocycles.